The number of methoxy groups -OCH3 is 2. The van der Waals surface area contributed by atoms with Crippen LogP contribution in [-0.4, -0.2) is 45.4 Å². The molecule has 0 atom stereocenters. The SMILES string of the molecule is COc1ccc(/C(C#N)=C/N2CCOCC2)cc1OC. The average Bonchev–Trinajstić information content (AvgIpc) is 2.53. The van der Waals surface area contributed by atoms with Crippen LogP contribution in [-0.2, 0) is 4.74 Å². The van der Waals surface area contributed by atoms with Crippen LogP contribution in [0.15, 0.2) is 24.4 Å². The average molecular weight is 274 g/mol. The predicted molar refractivity (Wildman–Crippen MR) is 75.5 cm³/mol. The molecule has 0 spiro atoms. The maximum absolute atomic E-state index is 9.35. The van der Waals surface area contributed by atoms with Gasteiger partial charge in [-0.25, -0.2) is 0 Å². The van der Waals surface area contributed by atoms with Crippen molar-refractivity contribution in [2.75, 3.05) is 40.5 Å². The molecule has 1 aliphatic rings. The lowest BCUT2D eigenvalue weighted by molar-refractivity contribution is 0.0596. The Labute approximate surface area is 119 Å². The van der Waals surface area contributed by atoms with Crippen LogP contribution in [0.5, 0.6) is 11.5 Å². The van der Waals surface area contributed by atoms with E-state index in [1.54, 1.807) is 20.3 Å². The minimum Gasteiger partial charge on any atom is -0.493 e. The molecule has 1 aromatic rings. The molecule has 20 heavy (non-hydrogen) atoms. The molecule has 0 amide bonds. The van der Waals surface area contributed by atoms with Gasteiger partial charge in [0, 0.05) is 19.3 Å². The van der Waals surface area contributed by atoms with Crippen molar-refractivity contribution in [3.63, 3.8) is 0 Å². The smallest absolute Gasteiger partial charge is 0.161 e. The molecule has 1 fully saturated rings. The lowest BCUT2D eigenvalue weighted by Crippen LogP contribution is -2.32. The summed E-state index contributed by atoms with van der Waals surface area (Å²) < 4.78 is 15.8. The summed E-state index contributed by atoms with van der Waals surface area (Å²) in [7, 11) is 3.17. The van der Waals surface area contributed by atoms with Gasteiger partial charge in [-0.3, -0.25) is 0 Å². The van der Waals surface area contributed by atoms with Crippen molar-refractivity contribution in [1.82, 2.24) is 4.90 Å². The Morgan fingerprint density at radius 2 is 1.95 bits per heavy atom. The predicted octanol–water partition coefficient (Wildman–Crippen LogP) is 1.90. The molecule has 106 valence electrons. The third-order valence-corrected chi connectivity index (χ3v) is 3.17. The molecule has 1 saturated heterocycles. The van der Waals surface area contributed by atoms with Gasteiger partial charge in [-0.2, -0.15) is 5.26 Å². The molecule has 0 saturated carbocycles. The number of hydrogen-bond donors (Lipinski definition) is 0. The first-order chi connectivity index (χ1) is 9.78. The van der Waals surface area contributed by atoms with Crippen molar-refractivity contribution >= 4 is 5.57 Å². The zero-order valence-electron chi connectivity index (χ0n) is 11.8. The summed E-state index contributed by atoms with van der Waals surface area (Å²) >= 11 is 0. The van der Waals surface area contributed by atoms with Gasteiger partial charge in [-0.05, 0) is 23.8 Å². The summed E-state index contributed by atoms with van der Waals surface area (Å²) in [5.41, 5.74) is 1.42. The molecule has 0 aromatic heterocycles. The number of hydrogen-bond acceptors (Lipinski definition) is 5. The normalized spacial score (nSPS) is 15.7. The van der Waals surface area contributed by atoms with Crippen molar-refractivity contribution in [2.45, 2.75) is 0 Å². The second kappa shape index (κ2) is 6.83. The number of rotatable bonds is 4. The van der Waals surface area contributed by atoms with E-state index < -0.39 is 0 Å². The van der Waals surface area contributed by atoms with Crippen molar-refractivity contribution in [1.29, 1.82) is 5.26 Å². The van der Waals surface area contributed by atoms with Crippen LogP contribution in [0.2, 0.25) is 0 Å². The molecule has 5 nitrogen and oxygen atoms in total. The molecule has 0 unspecified atom stereocenters. The number of ether oxygens (including phenoxy) is 3. The molecule has 2 rings (SSSR count). The Morgan fingerprint density at radius 3 is 2.55 bits per heavy atom. The molecule has 1 aromatic carbocycles. The highest BCUT2D eigenvalue weighted by molar-refractivity contribution is 5.77. The second-order valence-electron chi connectivity index (χ2n) is 4.37. The Hall–Kier alpha value is -2.19. The highest BCUT2D eigenvalue weighted by atomic mass is 16.5. The Bertz CT molecular complexity index is 528. The summed E-state index contributed by atoms with van der Waals surface area (Å²) in [5.74, 6) is 1.27. The standard InChI is InChI=1S/C15H18N2O3/c1-18-14-4-3-12(9-15(14)19-2)13(10-16)11-17-5-7-20-8-6-17/h3-4,9,11H,5-8H2,1-2H3/b13-11+. The van der Waals surface area contributed by atoms with E-state index >= 15 is 0 Å². The molecule has 0 radical (unpaired) electrons. The third kappa shape index (κ3) is 3.22. The van der Waals surface area contributed by atoms with Crippen molar-refractivity contribution in [3.8, 4) is 17.6 Å². The van der Waals surface area contributed by atoms with E-state index in [0.717, 1.165) is 18.7 Å². The Morgan fingerprint density at radius 1 is 1.25 bits per heavy atom. The molecule has 1 heterocycles. The van der Waals surface area contributed by atoms with Crippen LogP contribution < -0.4 is 9.47 Å². The van der Waals surface area contributed by atoms with Crippen molar-refractivity contribution in [3.05, 3.63) is 30.0 Å². The number of allylic oxidation sites excluding steroid dienone is 1. The van der Waals surface area contributed by atoms with E-state index in [1.807, 2.05) is 18.3 Å². The quantitative estimate of drug-likeness (QED) is 0.785. The van der Waals surface area contributed by atoms with Crippen LogP contribution in [0.3, 0.4) is 0 Å². The fourth-order valence-corrected chi connectivity index (χ4v) is 2.06. The van der Waals surface area contributed by atoms with Crippen LogP contribution in [0.1, 0.15) is 5.56 Å². The second-order valence-corrected chi connectivity index (χ2v) is 4.37. The summed E-state index contributed by atoms with van der Waals surface area (Å²) in [6.07, 6.45) is 1.88. The third-order valence-electron chi connectivity index (χ3n) is 3.17. The first-order valence-electron chi connectivity index (χ1n) is 6.44. The summed E-state index contributed by atoms with van der Waals surface area (Å²) in [6.45, 7) is 3.00. The van der Waals surface area contributed by atoms with Crippen molar-refractivity contribution in [2.24, 2.45) is 0 Å². The highest BCUT2D eigenvalue weighted by Crippen LogP contribution is 2.30. The van der Waals surface area contributed by atoms with Gasteiger partial charge in [-0.1, -0.05) is 0 Å². The van der Waals surface area contributed by atoms with Crippen LogP contribution in [0.4, 0.5) is 0 Å². The van der Waals surface area contributed by atoms with E-state index in [4.69, 9.17) is 14.2 Å². The molecule has 1 aliphatic heterocycles. The molecule has 0 N–H and O–H groups in total. The van der Waals surface area contributed by atoms with Crippen molar-refractivity contribution < 1.29 is 14.2 Å². The van der Waals surface area contributed by atoms with Crippen LogP contribution >= 0.6 is 0 Å². The fourth-order valence-electron chi connectivity index (χ4n) is 2.06. The van der Waals surface area contributed by atoms with Gasteiger partial charge >= 0.3 is 0 Å². The summed E-state index contributed by atoms with van der Waals surface area (Å²) in [4.78, 5) is 2.10. The van der Waals surface area contributed by atoms with E-state index in [2.05, 4.69) is 11.0 Å². The lowest BCUT2D eigenvalue weighted by Gasteiger charge is -2.25. The van der Waals surface area contributed by atoms with E-state index in [9.17, 15) is 5.26 Å². The highest BCUT2D eigenvalue weighted by Gasteiger charge is 2.11. The molecule has 0 bridgehead atoms. The number of benzene rings is 1. The van der Waals surface area contributed by atoms with E-state index in [1.165, 1.54) is 0 Å². The van der Waals surface area contributed by atoms with Gasteiger partial charge in [0.2, 0.25) is 0 Å². The molecular weight excluding hydrogens is 256 g/mol. The molecule has 0 aliphatic carbocycles. The Kier molecular flexibility index (Phi) is 4.85. The van der Waals surface area contributed by atoms with Crippen LogP contribution in [0.25, 0.3) is 5.57 Å². The van der Waals surface area contributed by atoms with Gasteiger partial charge in [0.1, 0.15) is 6.07 Å². The first-order valence-corrected chi connectivity index (χ1v) is 6.44. The maximum atomic E-state index is 9.35. The largest absolute Gasteiger partial charge is 0.493 e. The number of morpholine rings is 1. The van der Waals surface area contributed by atoms with Gasteiger partial charge < -0.3 is 19.1 Å². The first kappa shape index (κ1) is 14.2. The Balaban J connectivity index is 2.27. The van der Waals surface area contributed by atoms with E-state index in [0.29, 0.717) is 30.3 Å². The molecule has 5 heteroatoms. The van der Waals surface area contributed by atoms with Gasteiger partial charge in [0.05, 0.1) is 33.0 Å². The topological polar surface area (TPSA) is 54.7 Å². The minimum absolute atomic E-state index is 0.604. The molecular formula is C15H18N2O3. The number of nitriles is 1. The fraction of sp³-hybridized carbons (Fsp3) is 0.400. The van der Waals surface area contributed by atoms with E-state index in [-0.39, 0.29) is 0 Å². The maximum Gasteiger partial charge on any atom is 0.161 e. The summed E-state index contributed by atoms with van der Waals surface area (Å²) in [6, 6.07) is 7.71. The van der Waals surface area contributed by atoms with Gasteiger partial charge in [-0.15, -0.1) is 0 Å². The monoisotopic (exact) mass is 274 g/mol. The van der Waals surface area contributed by atoms with Crippen LogP contribution in [0, 0.1) is 11.3 Å². The zero-order valence-corrected chi connectivity index (χ0v) is 11.8. The lowest BCUT2D eigenvalue weighted by atomic mass is 10.1. The zero-order chi connectivity index (χ0) is 14.4. The van der Waals surface area contributed by atoms with Gasteiger partial charge in [0.25, 0.3) is 0 Å². The van der Waals surface area contributed by atoms with Gasteiger partial charge in [0.15, 0.2) is 11.5 Å². The summed E-state index contributed by atoms with van der Waals surface area (Å²) in [5, 5.41) is 9.35. The number of nitrogens with zero attached hydrogens (tertiary/aromatic N) is 2. The minimum atomic E-state index is 0.604.